The molecule has 0 atom stereocenters. The van der Waals surface area contributed by atoms with Crippen LogP contribution in [0.1, 0.15) is 25.1 Å². The van der Waals surface area contributed by atoms with Crippen LogP contribution in [0.25, 0.3) is 5.69 Å². The van der Waals surface area contributed by atoms with E-state index < -0.39 is 0 Å². The van der Waals surface area contributed by atoms with Crippen LogP contribution in [0, 0.1) is 6.92 Å². The summed E-state index contributed by atoms with van der Waals surface area (Å²) in [6.07, 6.45) is 2.14. The molecule has 7 heteroatoms. The molecule has 2 aromatic rings. The third-order valence-electron chi connectivity index (χ3n) is 2.86. The van der Waals surface area contributed by atoms with E-state index in [1.807, 2.05) is 31.2 Å². The van der Waals surface area contributed by atoms with Crippen molar-refractivity contribution in [1.82, 2.24) is 20.2 Å². The van der Waals surface area contributed by atoms with Crippen LogP contribution < -0.4 is 11.1 Å². The summed E-state index contributed by atoms with van der Waals surface area (Å²) in [5.41, 5.74) is 6.95. The van der Waals surface area contributed by atoms with Crippen LogP contribution in [0.2, 0.25) is 0 Å². The van der Waals surface area contributed by atoms with Gasteiger partial charge in [-0.2, -0.15) is 4.68 Å². The van der Waals surface area contributed by atoms with E-state index in [0.717, 1.165) is 24.2 Å². The number of hydrogen-bond donors (Lipinski definition) is 2. The summed E-state index contributed by atoms with van der Waals surface area (Å²) in [6, 6.07) is 7.41. The second-order valence-corrected chi connectivity index (χ2v) is 4.48. The Morgan fingerprint density at radius 2 is 2.25 bits per heavy atom. The van der Waals surface area contributed by atoms with Gasteiger partial charge in [0.05, 0.1) is 5.69 Å². The number of nitrogens with two attached hydrogens (primary N) is 1. The molecule has 0 radical (unpaired) electrons. The Morgan fingerprint density at radius 1 is 1.40 bits per heavy atom. The summed E-state index contributed by atoms with van der Waals surface area (Å²) < 4.78 is 1.62. The number of anilines is 1. The molecule has 0 bridgehead atoms. The number of rotatable bonds is 6. The molecule has 0 aliphatic rings. The third-order valence-corrected chi connectivity index (χ3v) is 2.86. The van der Waals surface area contributed by atoms with Gasteiger partial charge in [-0.15, -0.1) is 5.10 Å². The lowest BCUT2D eigenvalue weighted by molar-refractivity contribution is -0.116. The molecule has 0 aliphatic heterocycles. The van der Waals surface area contributed by atoms with Gasteiger partial charge in [-0.1, -0.05) is 6.07 Å². The Kier molecular flexibility index (Phi) is 4.78. The summed E-state index contributed by atoms with van der Waals surface area (Å²) in [6.45, 7) is 2.43. The zero-order chi connectivity index (χ0) is 14.4. The fourth-order valence-corrected chi connectivity index (χ4v) is 1.84. The Hall–Kier alpha value is -2.28. The normalized spacial score (nSPS) is 10.5. The highest BCUT2D eigenvalue weighted by atomic mass is 16.1. The number of nitrogens with zero attached hydrogens (tertiary/aromatic N) is 4. The van der Waals surface area contributed by atoms with Gasteiger partial charge in [0.2, 0.25) is 5.91 Å². The maximum absolute atomic E-state index is 11.8. The molecular weight excluding hydrogens is 256 g/mol. The Labute approximate surface area is 117 Å². The molecule has 7 nitrogen and oxygen atoms in total. The molecule has 1 aromatic heterocycles. The van der Waals surface area contributed by atoms with Gasteiger partial charge in [0.1, 0.15) is 0 Å². The first-order valence-electron chi connectivity index (χ1n) is 6.56. The molecule has 0 saturated carbocycles. The molecule has 1 heterocycles. The van der Waals surface area contributed by atoms with Crippen molar-refractivity contribution in [2.75, 3.05) is 11.9 Å². The van der Waals surface area contributed by atoms with Crippen molar-refractivity contribution in [2.24, 2.45) is 5.73 Å². The van der Waals surface area contributed by atoms with Crippen molar-refractivity contribution in [2.45, 2.75) is 26.2 Å². The molecule has 0 spiro atoms. The third kappa shape index (κ3) is 3.61. The molecule has 0 aliphatic carbocycles. The Bertz CT molecular complexity index is 580. The van der Waals surface area contributed by atoms with Crippen LogP contribution in [0.3, 0.4) is 0 Å². The number of aromatic nitrogens is 4. The monoisotopic (exact) mass is 274 g/mol. The van der Waals surface area contributed by atoms with Gasteiger partial charge in [-0.3, -0.25) is 4.79 Å². The highest BCUT2D eigenvalue weighted by Crippen LogP contribution is 2.15. The zero-order valence-corrected chi connectivity index (χ0v) is 11.4. The highest BCUT2D eigenvalue weighted by molar-refractivity contribution is 5.90. The topological polar surface area (TPSA) is 98.7 Å². The molecular formula is C13H18N6O. The number of hydrogen-bond acceptors (Lipinski definition) is 5. The van der Waals surface area contributed by atoms with Crippen molar-refractivity contribution < 1.29 is 4.79 Å². The molecule has 20 heavy (non-hydrogen) atoms. The largest absolute Gasteiger partial charge is 0.330 e. The molecule has 0 unspecified atom stereocenters. The fourth-order valence-electron chi connectivity index (χ4n) is 1.84. The maximum atomic E-state index is 11.8. The SMILES string of the molecule is Cc1nnnn1-c1cccc(NC(=O)CCCCN)c1. The van der Waals surface area contributed by atoms with Crippen LogP contribution >= 0.6 is 0 Å². The van der Waals surface area contributed by atoms with E-state index in [9.17, 15) is 4.79 Å². The van der Waals surface area contributed by atoms with Crippen LogP contribution in [0.15, 0.2) is 24.3 Å². The maximum Gasteiger partial charge on any atom is 0.224 e. The molecule has 3 N–H and O–H groups in total. The number of benzene rings is 1. The van der Waals surface area contributed by atoms with E-state index in [0.29, 0.717) is 18.8 Å². The molecule has 1 aromatic carbocycles. The predicted octanol–water partition coefficient (Wildman–Crippen LogP) is 1.04. The second-order valence-electron chi connectivity index (χ2n) is 4.48. The van der Waals surface area contributed by atoms with E-state index in [4.69, 9.17) is 5.73 Å². The van der Waals surface area contributed by atoms with Gasteiger partial charge in [0.15, 0.2) is 5.82 Å². The Morgan fingerprint density at radius 3 is 2.95 bits per heavy atom. The number of unbranched alkanes of at least 4 members (excludes halogenated alkanes) is 1. The standard InChI is InChI=1S/C13H18N6O/c1-10-16-17-18-19(10)12-6-4-5-11(9-12)15-13(20)7-2-3-8-14/h4-6,9H,2-3,7-8,14H2,1H3,(H,15,20). The minimum atomic E-state index is -0.0102. The summed E-state index contributed by atoms with van der Waals surface area (Å²) in [7, 11) is 0. The van der Waals surface area contributed by atoms with E-state index in [-0.39, 0.29) is 5.91 Å². The molecule has 1 amide bonds. The molecule has 2 rings (SSSR count). The molecule has 0 fully saturated rings. The molecule has 106 valence electrons. The second kappa shape index (κ2) is 6.76. The quantitative estimate of drug-likeness (QED) is 0.767. The molecule has 0 saturated heterocycles. The van der Waals surface area contributed by atoms with Crippen LogP contribution in [0.4, 0.5) is 5.69 Å². The predicted molar refractivity (Wildman–Crippen MR) is 75.4 cm³/mol. The van der Waals surface area contributed by atoms with E-state index in [1.165, 1.54) is 0 Å². The fraction of sp³-hybridized carbons (Fsp3) is 0.385. The first-order valence-corrected chi connectivity index (χ1v) is 6.56. The van der Waals surface area contributed by atoms with Crippen LogP contribution in [-0.2, 0) is 4.79 Å². The van der Waals surface area contributed by atoms with E-state index in [1.54, 1.807) is 4.68 Å². The zero-order valence-electron chi connectivity index (χ0n) is 11.4. The lowest BCUT2D eigenvalue weighted by atomic mass is 10.2. The smallest absolute Gasteiger partial charge is 0.224 e. The van der Waals surface area contributed by atoms with Gasteiger partial charge in [0, 0.05) is 12.1 Å². The van der Waals surface area contributed by atoms with Crippen molar-refractivity contribution in [3.63, 3.8) is 0 Å². The summed E-state index contributed by atoms with van der Waals surface area (Å²) >= 11 is 0. The minimum Gasteiger partial charge on any atom is -0.330 e. The number of amides is 1. The van der Waals surface area contributed by atoms with E-state index in [2.05, 4.69) is 20.8 Å². The van der Waals surface area contributed by atoms with Crippen molar-refractivity contribution >= 4 is 11.6 Å². The van der Waals surface area contributed by atoms with Crippen molar-refractivity contribution in [1.29, 1.82) is 0 Å². The lowest BCUT2D eigenvalue weighted by Crippen LogP contribution is -2.12. The van der Waals surface area contributed by atoms with Crippen LogP contribution in [-0.4, -0.2) is 32.7 Å². The average Bonchev–Trinajstić information content (AvgIpc) is 2.85. The summed E-state index contributed by atoms with van der Waals surface area (Å²) in [4.78, 5) is 11.8. The van der Waals surface area contributed by atoms with Crippen LogP contribution in [0.5, 0.6) is 0 Å². The number of carbonyl (C=O) groups excluding carboxylic acids is 1. The summed E-state index contributed by atoms with van der Waals surface area (Å²) in [5.74, 6) is 0.681. The number of carbonyl (C=O) groups is 1. The van der Waals surface area contributed by atoms with E-state index >= 15 is 0 Å². The Balaban J connectivity index is 2.03. The number of tetrazole rings is 1. The lowest BCUT2D eigenvalue weighted by Gasteiger charge is -2.07. The van der Waals surface area contributed by atoms with Gasteiger partial charge in [-0.05, 0) is 54.9 Å². The number of nitrogens with one attached hydrogen (secondary N) is 1. The minimum absolute atomic E-state index is 0.0102. The van der Waals surface area contributed by atoms with Crippen molar-refractivity contribution in [3.05, 3.63) is 30.1 Å². The summed E-state index contributed by atoms with van der Waals surface area (Å²) in [5, 5.41) is 14.2. The first-order chi connectivity index (χ1) is 9.70. The first kappa shape index (κ1) is 14.1. The number of aryl methyl sites for hydroxylation is 1. The van der Waals surface area contributed by atoms with Gasteiger partial charge in [-0.25, -0.2) is 0 Å². The average molecular weight is 274 g/mol. The highest BCUT2D eigenvalue weighted by Gasteiger charge is 2.06. The van der Waals surface area contributed by atoms with Gasteiger partial charge in [0.25, 0.3) is 0 Å². The van der Waals surface area contributed by atoms with Crippen molar-refractivity contribution in [3.8, 4) is 5.69 Å². The van der Waals surface area contributed by atoms with Gasteiger partial charge < -0.3 is 11.1 Å². The van der Waals surface area contributed by atoms with Gasteiger partial charge >= 0.3 is 0 Å².